The van der Waals surface area contributed by atoms with Gasteiger partial charge in [-0.1, -0.05) is 56.9 Å². The molecule has 1 aliphatic carbocycles. The van der Waals surface area contributed by atoms with Gasteiger partial charge in [0.15, 0.2) is 5.78 Å². The third-order valence-electron chi connectivity index (χ3n) is 6.47. The summed E-state index contributed by atoms with van der Waals surface area (Å²) < 4.78 is 5.52. The first-order chi connectivity index (χ1) is 14.1. The van der Waals surface area contributed by atoms with Crippen LogP contribution in [-0.2, 0) is 16.0 Å². The van der Waals surface area contributed by atoms with Crippen molar-refractivity contribution < 1.29 is 14.3 Å². The molecule has 1 saturated heterocycles. The van der Waals surface area contributed by atoms with E-state index in [2.05, 4.69) is 17.1 Å². The Kier molecular flexibility index (Phi) is 8.25. The molecule has 1 amide bonds. The van der Waals surface area contributed by atoms with Crippen LogP contribution in [0.4, 0.5) is 0 Å². The molecule has 1 aromatic carbocycles. The molecule has 2 fully saturated rings. The van der Waals surface area contributed by atoms with Crippen LogP contribution in [0.25, 0.3) is 0 Å². The largest absolute Gasteiger partial charge is 0.379 e. The lowest BCUT2D eigenvalue weighted by molar-refractivity contribution is -0.122. The van der Waals surface area contributed by atoms with Gasteiger partial charge in [-0.2, -0.15) is 0 Å². The monoisotopic (exact) mass is 400 g/mol. The Morgan fingerprint density at radius 3 is 2.38 bits per heavy atom. The zero-order valence-electron chi connectivity index (χ0n) is 17.9. The Morgan fingerprint density at radius 2 is 1.72 bits per heavy atom. The SMILES string of the molecule is CCCc1ccc(C(=O)CCC(=O)NCC2(N3CCOCC3)CCCCC2)cc1. The van der Waals surface area contributed by atoms with Gasteiger partial charge in [0.05, 0.1) is 13.2 Å². The normalized spacial score (nSPS) is 19.6. The second-order valence-electron chi connectivity index (χ2n) is 8.53. The summed E-state index contributed by atoms with van der Waals surface area (Å²) in [5, 5.41) is 3.15. The highest BCUT2D eigenvalue weighted by Crippen LogP contribution is 2.33. The first-order valence-electron chi connectivity index (χ1n) is 11.3. The lowest BCUT2D eigenvalue weighted by Gasteiger charge is -2.48. The first kappa shape index (κ1) is 22.0. The van der Waals surface area contributed by atoms with E-state index >= 15 is 0 Å². The van der Waals surface area contributed by atoms with E-state index in [1.807, 2.05) is 24.3 Å². The molecule has 1 aliphatic heterocycles. The van der Waals surface area contributed by atoms with Crippen molar-refractivity contribution in [1.29, 1.82) is 0 Å². The van der Waals surface area contributed by atoms with Gasteiger partial charge in [-0.15, -0.1) is 0 Å². The van der Waals surface area contributed by atoms with Crippen molar-refractivity contribution in [3.63, 3.8) is 0 Å². The Morgan fingerprint density at radius 1 is 1.03 bits per heavy atom. The van der Waals surface area contributed by atoms with E-state index in [0.29, 0.717) is 12.1 Å². The topological polar surface area (TPSA) is 58.6 Å². The number of nitrogens with one attached hydrogen (secondary N) is 1. The van der Waals surface area contributed by atoms with Crippen molar-refractivity contribution in [2.24, 2.45) is 0 Å². The molecule has 29 heavy (non-hydrogen) atoms. The number of benzene rings is 1. The second kappa shape index (κ2) is 10.9. The van der Waals surface area contributed by atoms with Crippen molar-refractivity contribution >= 4 is 11.7 Å². The van der Waals surface area contributed by atoms with Crippen molar-refractivity contribution in [2.75, 3.05) is 32.8 Å². The van der Waals surface area contributed by atoms with Gasteiger partial charge in [-0.3, -0.25) is 14.5 Å². The second-order valence-corrected chi connectivity index (χ2v) is 8.53. The van der Waals surface area contributed by atoms with Gasteiger partial charge in [0.1, 0.15) is 0 Å². The Balaban J connectivity index is 1.48. The Labute approximate surface area is 175 Å². The number of amides is 1. The zero-order chi connectivity index (χ0) is 20.5. The molecule has 5 nitrogen and oxygen atoms in total. The number of aryl methyl sites for hydroxylation is 1. The van der Waals surface area contributed by atoms with Crippen LogP contribution in [0.5, 0.6) is 0 Å². The van der Waals surface area contributed by atoms with Crippen molar-refractivity contribution in [3.05, 3.63) is 35.4 Å². The highest BCUT2D eigenvalue weighted by Gasteiger charge is 2.38. The molecule has 0 unspecified atom stereocenters. The molecular weight excluding hydrogens is 364 g/mol. The molecule has 2 aliphatic rings. The number of Topliss-reactive ketones (excluding diaryl/α,β-unsaturated/α-hetero) is 1. The molecule has 3 rings (SSSR count). The third-order valence-corrected chi connectivity index (χ3v) is 6.47. The minimum Gasteiger partial charge on any atom is -0.379 e. The molecule has 1 saturated carbocycles. The van der Waals surface area contributed by atoms with Gasteiger partial charge >= 0.3 is 0 Å². The van der Waals surface area contributed by atoms with E-state index in [0.717, 1.165) is 52.0 Å². The van der Waals surface area contributed by atoms with Crippen LogP contribution in [0.1, 0.15) is 74.2 Å². The summed E-state index contributed by atoms with van der Waals surface area (Å²) in [6.45, 7) is 6.28. The maximum Gasteiger partial charge on any atom is 0.220 e. The molecule has 0 aromatic heterocycles. The predicted molar refractivity (Wildman–Crippen MR) is 115 cm³/mol. The van der Waals surface area contributed by atoms with Crippen molar-refractivity contribution in [2.45, 2.75) is 70.3 Å². The van der Waals surface area contributed by atoms with Crippen LogP contribution in [0.15, 0.2) is 24.3 Å². The summed E-state index contributed by atoms with van der Waals surface area (Å²) in [6, 6.07) is 7.82. The fourth-order valence-corrected chi connectivity index (χ4v) is 4.72. The highest BCUT2D eigenvalue weighted by atomic mass is 16.5. The fourth-order valence-electron chi connectivity index (χ4n) is 4.72. The molecule has 0 spiro atoms. The summed E-state index contributed by atoms with van der Waals surface area (Å²) in [5.41, 5.74) is 2.02. The number of nitrogens with zero attached hydrogens (tertiary/aromatic N) is 1. The van der Waals surface area contributed by atoms with E-state index in [9.17, 15) is 9.59 Å². The fraction of sp³-hybridized carbons (Fsp3) is 0.667. The number of morpholine rings is 1. The van der Waals surface area contributed by atoms with Gasteiger partial charge in [0.25, 0.3) is 0 Å². The average molecular weight is 401 g/mol. The molecule has 1 aromatic rings. The standard InChI is InChI=1S/C24H36N2O3/c1-2-6-20-7-9-21(10-8-20)22(27)11-12-23(28)25-19-24(13-4-3-5-14-24)26-15-17-29-18-16-26/h7-10H,2-6,11-19H2,1H3,(H,25,28). The summed E-state index contributed by atoms with van der Waals surface area (Å²) >= 11 is 0. The van der Waals surface area contributed by atoms with Gasteiger partial charge in [0, 0.05) is 43.6 Å². The summed E-state index contributed by atoms with van der Waals surface area (Å²) in [5.74, 6) is 0.0305. The lowest BCUT2D eigenvalue weighted by atomic mass is 9.79. The summed E-state index contributed by atoms with van der Waals surface area (Å²) in [7, 11) is 0. The van der Waals surface area contributed by atoms with Crippen LogP contribution in [0.2, 0.25) is 0 Å². The van der Waals surface area contributed by atoms with Crippen LogP contribution < -0.4 is 5.32 Å². The molecule has 0 radical (unpaired) electrons. The number of carbonyl (C=O) groups excluding carboxylic acids is 2. The molecule has 1 N–H and O–H groups in total. The minimum absolute atomic E-state index is 0.0147. The molecule has 160 valence electrons. The predicted octanol–water partition coefficient (Wildman–Crippen LogP) is 3.75. The van der Waals surface area contributed by atoms with Crippen LogP contribution in [0, 0.1) is 0 Å². The summed E-state index contributed by atoms with van der Waals surface area (Å²) in [4.78, 5) is 27.4. The number of rotatable bonds is 9. The first-order valence-corrected chi connectivity index (χ1v) is 11.3. The average Bonchev–Trinajstić information content (AvgIpc) is 2.78. The molecule has 0 atom stereocenters. The van der Waals surface area contributed by atoms with Crippen LogP contribution in [-0.4, -0.2) is 55.0 Å². The highest BCUT2D eigenvalue weighted by molar-refractivity contribution is 5.97. The van der Waals surface area contributed by atoms with Gasteiger partial charge in [-0.05, 0) is 24.8 Å². The number of ketones is 1. The Bertz CT molecular complexity index is 659. The minimum atomic E-state index is -0.0147. The van der Waals surface area contributed by atoms with E-state index in [-0.39, 0.29) is 30.1 Å². The van der Waals surface area contributed by atoms with Gasteiger partial charge in [0.2, 0.25) is 5.91 Å². The number of carbonyl (C=O) groups is 2. The zero-order valence-corrected chi connectivity index (χ0v) is 17.9. The number of hydrogen-bond acceptors (Lipinski definition) is 4. The van der Waals surface area contributed by atoms with Gasteiger partial charge in [-0.25, -0.2) is 0 Å². The van der Waals surface area contributed by atoms with E-state index in [4.69, 9.17) is 4.74 Å². The molecular formula is C24H36N2O3. The number of hydrogen-bond donors (Lipinski definition) is 1. The van der Waals surface area contributed by atoms with Gasteiger partial charge < -0.3 is 10.1 Å². The Hall–Kier alpha value is -1.72. The molecule has 0 bridgehead atoms. The van der Waals surface area contributed by atoms with E-state index < -0.39 is 0 Å². The van der Waals surface area contributed by atoms with Crippen LogP contribution in [0.3, 0.4) is 0 Å². The summed E-state index contributed by atoms with van der Waals surface area (Å²) in [6.07, 6.45) is 8.65. The van der Waals surface area contributed by atoms with E-state index in [1.165, 1.54) is 24.8 Å². The van der Waals surface area contributed by atoms with Crippen molar-refractivity contribution in [1.82, 2.24) is 10.2 Å². The van der Waals surface area contributed by atoms with Crippen molar-refractivity contribution in [3.8, 4) is 0 Å². The third kappa shape index (κ3) is 6.13. The molecule has 5 heteroatoms. The maximum atomic E-state index is 12.5. The lowest BCUT2D eigenvalue weighted by Crippen LogP contribution is -2.59. The number of ether oxygens (including phenoxy) is 1. The smallest absolute Gasteiger partial charge is 0.220 e. The molecule has 1 heterocycles. The van der Waals surface area contributed by atoms with Crippen LogP contribution >= 0.6 is 0 Å². The quantitative estimate of drug-likeness (QED) is 0.642. The van der Waals surface area contributed by atoms with E-state index in [1.54, 1.807) is 0 Å². The maximum absolute atomic E-state index is 12.5.